The summed E-state index contributed by atoms with van der Waals surface area (Å²) in [6.45, 7) is 1.99. The van der Waals surface area contributed by atoms with Crippen LogP contribution in [-0.2, 0) is 4.74 Å². The highest BCUT2D eigenvalue weighted by atomic mass is 35.5. The van der Waals surface area contributed by atoms with E-state index >= 15 is 0 Å². The fourth-order valence-corrected chi connectivity index (χ4v) is 3.51. The Morgan fingerprint density at radius 1 is 1.09 bits per heavy atom. The topological polar surface area (TPSA) is 107 Å². The molecule has 2 amide bonds. The fraction of sp³-hybridized carbons (Fsp3) is 0.130. The molecule has 0 aliphatic carbocycles. The van der Waals surface area contributed by atoms with Crippen LogP contribution >= 0.6 is 11.6 Å². The summed E-state index contributed by atoms with van der Waals surface area (Å²) in [5.74, 6) is 0.0339. The van der Waals surface area contributed by atoms with Crippen molar-refractivity contribution in [3.63, 3.8) is 0 Å². The number of carbonyl (C=O) groups is 2. The van der Waals surface area contributed by atoms with Crippen LogP contribution in [0.5, 0.6) is 5.75 Å². The van der Waals surface area contributed by atoms with Gasteiger partial charge in [-0.2, -0.15) is 5.10 Å². The first-order valence-corrected chi connectivity index (χ1v) is 10.4. The first-order valence-electron chi connectivity index (χ1n) is 10.0. The maximum absolute atomic E-state index is 12.5. The zero-order valence-electron chi connectivity index (χ0n) is 17.8. The molecule has 33 heavy (non-hydrogen) atoms. The second-order valence-electron chi connectivity index (χ2n) is 6.85. The fourth-order valence-electron chi connectivity index (χ4n) is 3.26. The summed E-state index contributed by atoms with van der Waals surface area (Å²) in [4.78, 5) is 28.9. The Kier molecular flexibility index (Phi) is 6.41. The number of carbonyl (C=O) groups excluding carboxylic acids is 2. The van der Waals surface area contributed by atoms with Gasteiger partial charge in [0.1, 0.15) is 11.3 Å². The van der Waals surface area contributed by atoms with Crippen molar-refractivity contribution in [1.82, 2.24) is 14.6 Å². The number of hydrogen-bond donors (Lipinski definition) is 2. The molecule has 168 valence electrons. The maximum atomic E-state index is 12.5. The van der Waals surface area contributed by atoms with E-state index in [1.807, 2.05) is 6.07 Å². The molecule has 10 heteroatoms. The van der Waals surface area contributed by atoms with Gasteiger partial charge in [0.15, 0.2) is 5.65 Å². The SMILES string of the molecule is CCOC(=O)c1cnn2c(-c3cccc(NC(=O)Nc4ccc(OC)c(Cl)c4)c3)ccnc12. The van der Waals surface area contributed by atoms with Crippen molar-refractivity contribution in [3.05, 3.63) is 71.5 Å². The molecule has 2 aromatic carbocycles. The standard InChI is InChI=1S/C23H20ClN5O4/c1-3-33-22(30)17-13-26-29-19(9-10-25-21(17)29)14-5-4-6-15(11-14)27-23(31)28-16-7-8-20(32-2)18(24)12-16/h4-13H,3H2,1-2H3,(H2,27,28,31). The van der Waals surface area contributed by atoms with Crippen molar-refractivity contribution in [2.24, 2.45) is 0 Å². The number of amides is 2. The van der Waals surface area contributed by atoms with Gasteiger partial charge >= 0.3 is 12.0 Å². The molecule has 0 fully saturated rings. The van der Waals surface area contributed by atoms with Gasteiger partial charge < -0.3 is 20.1 Å². The summed E-state index contributed by atoms with van der Waals surface area (Å²) in [5.41, 5.74) is 3.22. The summed E-state index contributed by atoms with van der Waals surface area (Å²) < 4.78 is 11.7. The van der Waals surface area contributed by atoms with Crippen molar-refractivity contribution in [3.8, 4) is 17.0 Å². The summed E-state index contributed by atoms with van der Waals surface area (Å²) in [6.07, 6.45) is 3.02. The molecule has 0 spiro atoms. The van der Waals surface area contributed by atoms with Crippen LogP contribution in [0, 0.1) is 0 Å². The number of benzene rings is 2. The van der Waals surface area contributed by atoms with E-state index in [0.717, 1.165) is 5.56 Å². The summed E-state index contributed by atoms with van der Waals surface area (Å²) in [5, 5.41) is 10.2. The third-order valence-electron chi connectivity index (χ3n) is 4.72. The first kappa shape index (κ1) is 22.1. The normalized spacial score (nSPS) is 10.6. The van der Waals surface area contributed by atoms with Crippen molar-refractivity contribution in [2.45, 2.75) is 6.92 Å². The van der Waals surface area contributed by atoms with Crippen molar-refractivity contribution < 1.29 is 19.1 Å². The molecular formula is C23H20ClN5O4. The van der Waals surface area contributed by atoms with Gasteiger partial charge in [-0.15, -0.1) is 0 Å². The molecule has 0 atom stereocenters. The number of rotatable bonds is 6. The number of fused-ring (bicyclic) bond motifs is 1. The number of esters is 1. The van der Waals surface area contributed by atoms with Gasteiger partial charge in [-0.1, -0.05) is 23.7 Å². The van der Waals surface area contributed by atoms with Crippen LogP contribution in [0.25, 0.3) is 16.9 Å². The summed E-state index contributed by atoms with van der Waals surface area (Å²) in [6, 6.07) is 13.5. The number of nitrogens with one attached hydrogen (secondary N) is 2. The smallest absolute Gasteiger partial charge is 0.343 e. The average Bonchev–Trinajstić information content (AvgIpc) is 3.24. The van der Waals surface area contributed by atoms with E-state index < -0.39 is 12.0 Å². The third kappa shape index (κ3) is 4.73. The minimum Gasteiger partial charge on any atom is -0.495 e. The third-order valence-corrected chi connectivity index (χ3v) is 5.02. The number of urea groups is 1. The highest BCUT2D eigenvalue weighted by Crippen LogP contribution is 2.28. The largest absolute Gasteiger partial charge is 0.495 e. The molecular weight excluding hydrogens is 446 g/mol. The molecule has 2 heterocycles. The van der Waals surface area contributed by atoms with Crippen LogP contribution in [0.1, 0.15) is 17.3 Å². The van der Waals surface area contributed by atoms with Crippen LogP contribution in [0.4, 0.5) is 16.2 Å². The molecule has 0 saturated carbocycles. The number of hydrogen-bond acceptors (Lipinski definition) is 6. The quantitative estimate of drug-likeness (QED) is 0.393. The second kappa shape index (κ2) is 9.58. The summed E-state index contributed by atoms with van der Waals surface area (Å²) in [7, 11) is 1.52. The van der Waals surface area contributed by atoms with Crippen LogP contribution < -0.4 is 15.4 Å². The molecule has 9 nitrogen and oxygen atoms in total. The molecule has 0 aliphatic rings. The maximum Gasteiger partial charge on any atom is 0.343 e. The van der Waals surface area contributed by atoms with E-state index in [1.165, 1.54) is 13.3 Å². The Hall–Kier alpha value is -4.11. The average molecular weight is 466 g/mol. The lowest BCUT2D eigenvalue weighted by Gasteiger charge is -2.11. The van der Waals surface area contributed by atoms with Gasteiger partial charge in [-0.05, 0) is 43.3 Å². The number of methoxy groups -OCH3 is 1. The number of nitrogens with zero attached hydrogens (tertiary/aromatic N) is 3. The molecule has 0 radical (unpaired) electrons. The Bertz CT molecular complexity index is 1340. The Morgan fingerprint density at radius 3 is 2.61 bits per heavy atom. The number of ether oxygens (including phenoxy) is 2. The Morgan fingerprint density at radius 2 is 1.88 bits per heavy atom. The van der Waals surface area contributed by atoms with Crippen molar-refractivity contribution >= 4 is 40.6 Å². The van der Waals surface area contributed by atoms with Gasteiger partial charge in [0.05, 0.1) is 30.6 Å². The minimum atomic E-state index is -0.483. The number of anilines is 2. The lowest BCUT2D eigenvalue weighted by molar-refractivity contribution is 0.0528. The lowest BCUT2D eigenvalue weighted by atomic mass is 10.1. The highest BCUT2D eigenvalue weighted by Gasteiger charge is 2.17. The molecule has 2 aromatic heterocycles. The predicted octanol–water partition coefficient (Wildman–Crippen LogP) is 4.88. The zero-order valence-corrected chi connectivity index (χ0v) is 18.6. The molecule has 0 aliphatic heterocycles. The Balaban J connectivity index is 1.56. The van der Waals surface area contributed by atoms with Crippen molar-refractivity contribution in [2.75, 3.05) is 24.4 Å². The van der Waals surface area contributed by atoms with Crippen LogP contribution in [0.2, 0.25) is 5.02 Å². The number of halogens is 1. The van der Waals surface area contributed by atoms with Crippen LogP contribution in [0.3, 0.4) is 0 Å². The highest BCUT2D eigenvalue weighted by molar-refractivity contribution is 6.32. The van der Waals surface area contributed by atoms with Gasteiger partial charge in [0.2, 0.25) is 0 Å². The van der Waals surface area contributed by atoms with E-state index in [4.69, 9.17) is 21.1 Å². The van der Waals surface area contributed by atoms with E-state index in [9.17, 15) is 9.59 Å². The molecule has 2 N–H and O–H groups in total. The molecule has 0 bridgehead atoms. The Labute approximate surface area is 194 Å². The van der Waals surface area contributed by atoms with E-state index in [2.05, 4.69) is 20.7 Å². The van der Waals surface area contributed by atoms with E-state index in [1.54, 1.807) is 60.1 Å². The minimum absolute atomic E-state index is 0.258. The van der Waals surface area contributed by atoms with Crippen molar-refractivity contribution in [1.29, 1.82) is 0 Å². The second-order valence-corrected chi connectivity index (χ2v) is 7.26. The summed E-state index contributed by atoms with van der Waals surface area (Å²) >= 11 is 6.11. The zero-order chi connectivity index (χ0) is 23.4. The molecule has 0 unspecified atom stereocenters. The van der Waals surface area contributed by atoms with E-state index in [-0.39, 0.29) is 12.2 Å². The molecule has 4 aromatic rings. The number of aromatic nitrogens is 3. The van der Waals surface area contributed by atoms with E-state index in [0.29, 0.717) is 33.5 Å². The molecule has 0 saturated heterocycles. The van der Waals surface area contributed by atoms with Gasteiger partial charge in [-0.3, -0.25) is 0 Å². The lowest BCUT2D eigenvalue weighted by Crippen LogP contribution is -2.19. The van der Waals surface area contributed by atoms with Gasteiger partial charge in [0, 0.05) is 23.1 Å². The van der Waals surface area contributed by atoms with Crippen LogP contribution in [0.15, 0.2) is 60.9 Å². The predicted molar refractivity (Wildman–Crippen MR) is 125 cm³/mol. The van der Waals surface area contributed by atoms with Gasteiger partial charge in [0.25, 0.3) is 0 Å². The van der Waals surface area contributed by atoms with Crippen LogP contribution in [-0.4, -0.2) is 40.3 Å². The molecule has 4 rings (SSSR count). The monoisotopic (exact) mass is 465 g/mol. The van der Waals surface area contributed by atoms with Gasteiger partial charge in [-0.25, -0.2) is 19.1 Å². The first-order chi connectivity index (χ1) is 16.0.